The number of carbonyl (C=O) groups is 1. The van der Waals surface area contributed by atoms with Gasteiger partial charge in [-0.3, -0.25) is 9.35 Å². The average molecular weight is 324 g/mol. The van der Waals surface area contributed by atoms with Crippen LogP contribution in [0, 0.1) is 23.2 Å². The van der Waals surface area contributed by atoms with Crippen molar-refractivity contribution in [2.45, 2.75) is 50.4 Å². The highest BCUT2D eigenvalue weighted by atomic mass is 32.2. The molecule has 0 heterocycles. The Bertz CT molecular complexity index is 522. The second-order valence-electron chi connectivity index (χ2n) is 7.01. The van der Waals surface area contributed by atoms with Crippen LogP contribution in [0.1, 0.15) is 44.9 Å². The van der Waals surface area contributed by atoms with Crippen molar-refractivity contribution in [1.29, 1.82) is 0 Å². The summed E-state index contributed by atoms with van der Waals surface area (Å²) in [5.41, 5.74) is -5.19. The number of halogens is 2. The lowest BCUT2D eigenvalue weighted by Gasteiger charge is -2.56. The van der Waals surface area contributed by atoms with Crippen molar-refractivity contribution in [1.82, 2.24) is 0 Å². The fourth-order valence-electron chi connectivity index (χ4n) is 5.03. The predicted molar refractivity (Wildman–Crippen MR) is 67.8 cm³/mol. The number of esters is 1. The summed E-state index contributed by atoms with van der Waals surface area (Å²) in [5, 5.41) is 0. The molecule has 4 aliphatic carbocycles. The minimum absolute atomic E-state index is 0.193. The van der Waals surface area contributed by atoms with Gasteiger partial charge in [0.15, 0.2) is 0 Å². The van der Waals surface area contributed by atoms with Crippen molar-refractivity contribution < 1.29 is 31.3 Å². The molecule has 0 spiro atoms. The molecule has 4 saturated carbocycles. The maximum atomic E-state index is 13.1. The zero-order chi connectivity index (χ0) is 15.5. The first-order chi connectivity index (χ1) is 9.59. The molecule has 8 heteroatoms. The SMILES string of the molecule is O=C(CC12CC3CC(CC(C3)C1)C2)OC(F)(F)S(=O)(=O)O. The van der Waals surface area contributed by atoms with Crippen molar-refractivity contribution in [2.24, 2.45) is 23.2 Å². The summed E-state index contributed by atoms with van der Waals surface area (Å²) in [7, 11) is -5.74. The number of rotatable bonds is 4. The molecule has 21 heavy (non-hydrogen) atoms. The Morgan fingerprint density at radius 1 is 1.14 bits per heavy atom. The fourth-order valence-corrected chi connectivity index (χ4v) is 5.23. The average Bonchev–Trinajstić information content (AvgIpc) is 2.22. The third kappa shape index (κ3) is 2.79. The van der Waals surface area contributed by atoms with E-state index in [1.165, 1.54) is 0 Å². The summed E-state index contributed by atoms with van der Waals surface area (Å²) in [5.74, 6) is 0.392. The van der Waals surface area contributed by atoms with Crippen LogP contribution in [-0.4, -0.2) is 24.4 Å². The highest BCUT2D eigenvalue weighted by Crippen LogP contribution is 2.61. The number of carbonyl (C=O) groups excluding carboxylic acids is 1. The maximum Gasteiger partial charge on any atom is 0.536 e. The van der Waals surface area contributed by atoms with Crippen molar-refractivity contribution in [3.8, 4) is 0 Å². The summed E-state index contributed by atoms with van der Waals surface area (Å²) < 4.78 is 59.2. The van der Waals surface area contributed by atoms with E-state index >= 15 is 0 Å². The van der Waals surface area contributed by atoms with Crippen LogP contribution in [0.25, 0.3) is 0 Å². The van der Waals surface area contributed by atoms with E-state index in [-0.39, 0.29) is 11.8 Å². The van der Waals surface area contributed by atoms with Gasteiger partial charge in [-0.05, 0) is 61.7 Å². The van der Waals surface area contributed by atoms with Gasteiger partial charge in [-0.25, -0.2) is 0 Å². The Labute approximate surface area is 121 Å². The zero-order valence-electron chi connectivity index (χ0n) is 11.4. The van der Waals surface area contributed by atoms with Gasteiger partial charge < -0.3 is 4.74 Å². The van der Waals surface area contributed by atoms with E-state index in [0.29, 0.717) is 17.8 Å². The molecule has 0 saturated heterocycles. The Kier molecular flexibility index (Phi) is 3.33. The van der Waals surface area contributed by atoms with E-state index in [0.717, 1.165) is 38.5 Å². The van der Waals surface area contributed by atoms with Crippen LogP contribution < -0.4 is 0 Å². The standard InChI is InChI=1S/C13H18F2O5S/c14-13(15,21(17,18)19)20-11(16)7-12-4-8-1-9(5-12)3-10(2-8)6-12/h8-10H,1-7H2,(H,17,18,19). The number of alkyl halides is 2. The molecular weight excluding hydrogens is 306 g/mol. The van der Waals surface area contributed by atoms with Crippen molar-refractivity contribution in [3.05, 3.63) is 0 Å². The van der Waals surface area contributed by atoms with E-state index < -0.39 is 21.5 Å². The maximum absolute atomic E-state index is 13.1. The quantitative estimate of drug-likeness (QED) is 0.635. The van der Waals surface area contributed by atoms with E-state index in [9.17, 15) is 22.0 Å². The van der Waals surface area contributed by atoms with E-state index in [2.05, 4.69) is 4.74 Å². The molecule has 4 fully saturated rings. The van der Waals surface area contributed by atoms with Crippen LogP contribution in [0.2, 0.25) is 0 Å². The summed E-state index contributed by atoms with van der Waals surface area (Å²) in [6.45, 7) is 0. The summed E-state index contributed by atoms with van der Waals surface area (Å²) in [6, 6.07) is 0. The van der Waals surface area contributed by atoms with Gasteiger partial charge >= 0.3 is 21.5 Å². The topological polar surface area (TPSA) is 80.7 Å². The first-order valence-corrected chi connectivity index (χ1v) is 8.59. The Hall–Kier alpha value is -0.760. The summed E-state index contributed by atoms with van der Waals surface area (Å²) in [6.07, 6.45) is 5.73. The predicted octanol–water partition coefficient (Wildman–Crippen LogP) is 2.57. The zero-order valence-corrected chi connectivity index (χ0v) is 12.2. The summed E-state index contributed by atoms with van der Waals surface area (Å²) >= 11 is 0. The third-order valence-corrected chi connectivity index (χ3v) is 5.90. The first-order valence-electron chi connectivity index (χ1n) is 7.15. The fraction of sp³-hybridized carbons (Fsp3) is 0.923. The molecule has 0 aromatic carbocycles. The second-order valence-corrected chi connectivity index (χ2v) is 8.43. The van der Waals surface area contributed by atoms with Gasteiger partial charge in [-0.15, -0.1) is 8.78 Å². The lowest BCUT2D eigenvalue weighted by Crippen LogP contribution is -2.47. The minimum Gasteiger partial charge on any atom is -0.387 e. The van der Waals surface area contributed by atoms with Gasteiger partial charge in [-0.2, -0.15) is 8.42 Å². The number of hydrogen-bond donors (Lipinski definition) is 1. The van der Waals surface area contributed by atoms with Gasteiger partial charge in [0.2, 0.25) is 0 Å². The summed E-state index contributed by atoms with van der Waals surface area (Å²) in [4.78, 5) is 11.7. The highest BCUT2D eigenvalue weighted by Gasteiger charge is 2.54. The molecule has 0 atom stereocenters. The molecule has 0 aliphatic heterocycles. The molecule has 0 unspecified atom stereocenters. The molecule has 120 valence electrons. The Morgan fingerprint density at radius 3 is 1.95 bits per heavy atom. The minimum atomic E-state index is -5.74. The Balaban J connectivity index is 1.68. The Morgan fingerprint density at radius 2 is 1.57 bits per heavy atom. The largest absolute Gasteiger partial charge is 0.536 e. The van der Waals surface area contributed by atoms with Crippen LogP contribution in [0.4, 0.5) is 8.78 Å². The molecule has 0 radical (unpaired) electrons. The van der Waals surface area contributed by atoms with Crippen LogP contribution in [-0.2, 0) is 19.6 Å². The molecule has 0 aromatic heterocycles. The molecule has 4 bridgehead atoms. The molecule has 1 N–H and O–H groups in total. The normalized spacial score (nSPS) is 38.5. The van der Waals surface area contributed by atoms with Crippen LogP contribution in [0.5, 0.6) is 0 Å². The third-order valence-electron chi connectivity index (χ3n) is 5.22. The van der Waals surface area contributed by atoms with E-state index in [1.54, 1.807) is 0 Å². The van der Waals surface area contributed by atoms with Crippen LogP contribution in [0.15, 0.2) is 0 Å². The van der Waals surface area contributed by atoms with Crippen molar-refractivity contribution in [3.63, 3.8) is 0 Å². The van der Waals surface area contributed by atoms with Gasteiger partial charge in [0.1, 0.15) is 0 Å². The molecule has 0 amide bonds. The van der Waals surface area contributed by atoms with Crippen molar-refractivity contribution in [2.75, 3.05) is 0 Å². The molecule has 0 aromatic rings. The lowest BCUT2D eigenvalue weighted by molar-refractivity contribution is -0.199. The molecule has 4 rings (SSSR count). The smallest absolute Gasteiger partial charge is 0.387 e. The monoisotopic (exact) mass is 324 g/mol. The van der Waals surface area contributed by atoms with Crippen LogP contribution >= 0.6 is 0 Å². The lowest BCUT2D eigenvalue weighted by atomic mass is 9.49. The number of hydrogen-bond acceptors (Lipinski definition) is 4. The van der Waals surface area contributed by atoms with Gasteiger partial charge in [0.25, 0.3) is 0 Å². The van der Waals surface area contributed by atoms with Gasteiger partial charge in [-0.1, -0.05) is 0 Å². The first kappa shape index (κ1) is 15.1. The van der Waals surface area contributed by atoms with E-state index in [1.807, 2.05) is 0 Å². The highest BCUT2D eigenvalue weighted by molar-refractivity contribution is 7.86. The molecule has 4 aliphatic rings. The second kappa shape index (κ2) is 4.62. The van der Waals surface area contributed by atoms with E-state index in [4.69, 9.17) is 4.55 Å². The van der Waals surface area contributed by atoms with Crippen molar-refractivity contribution >= 4 is 16.1 Å². The van der Waals surface area contributed by atoms with Gasteiger partial charge in [0, 0.05) is 0 Å². The molecule has 5 nitrogen and oxygen atoms in total. The number of ether oxygens (including phenoxy) is 1. The molecular formula is C13H18F2O5S. The van der Waals surface area contributed by atoms with Crippen LogP contribution in [0.3, 0.4) is 0 Å². The van der Waals surface area contributed by atoms with Gasteiger partial charge in [0.05, 0.1) is 6.42 Å².